The molecular formula is C31H34Cl3N3O4S. The molecule has 224 valence electrons. The first kappa shape index (κ1) is 32.1. The number of carbonyl (C=O) groups is 2. The SMILES string of the molecule is CC[C@H](C(=O)NC1CCCC1)N(Cc1ccc(Cl)c(Cl)c1)C(=O)CN(c1cccc(C)c1)S(=O)(=O)c1ccc(Cl)cc1. The van der Waals surface area contributed by atoms with Gasteiger partial charge >= 0.3 is 0 Å². The van der Waals surface area contributed by atoms with Crippen molar-refractivity contribution in [3.63, 3.8) is 0 Å². The molecule has 1 atom stereocenters. The van der Waals surface area contributed by atoms with Crippen LogP contribution in [0, 0.1) is 6.92 Å². The lowest BCUT2D eigenvalue weighted by atomic mass is 10.1. The van der Waals surface area contributed by atoms with Gasteiger partial charge in [-0.2, -0.15) is 0 Å². The van der Waals surface area contributed by atoms with Gasteiger partial charge in [0.25, 0.3) is 10.0 Å². The summed E-state index contributed by atoms with van der Waals surface area (Å²) in [6.07, 6.45) is 4.20. The molecule has 1 N–H and O–H groups in total. The van der Waals surface area contributed by atoms with Crippen molar-refractivity contribution in [2.45, 2.75) is 69.5 Å². The van der Waals surface area contributed by atoms with Gasteiger partial charge in [-0.25, -0.2) is 8.42 Å². The fourth-order valence-electron chi connectivity index (χ4n) is 5.17. The minimum Gasteiger partial charge on any atom is -0.352 e. The second kappa shape index (κ2) is 14.1. The molecule has 1 fully saturated rings. The summed E-state index contributed by atoms with van der Waals surface area (Å²) < 4.78 is 29.0. The molecule has 7 nitrogen and oxygen atoms in total. The zero-order valence-corrected chi connectivity index (χ0v) is 26.6. The van der Waals surface area contributed by atoms with E-state index in [1.807, 2.05) is 19.9 Å². The van der Waals surface area contributed by atoms with Crippen molar-refractivity contribution in [2.75, 3.05) is 10.8 Å². The summed E-state index contributed by atoms with van der Waals surface area (Å²) in [5.74, 6) is -0.797. The number of nitrogens with one attached hydrogen (secondary N) is 1. The van der Waals surface area contributed by atoms with E-state index in [1.54, 1.807) is 36.4 Å². The second-order valence-electron chi connectivity index (χ2n) is 10.5. The van der Waals surface area contributed by atoms with Gasteiger partial charge in [0.15, 0.2) is 0 Å². The number of sulfonamides is 1. The average molecular weight is 651 g/mol. The van der Waals surface area contributed by atoms with Gasteiger partial charge in [0.05, 0.1) is 20.6 Å². The molecule has 0 saturated heterocycles. The Hall–Kier alpha value is -2.78. The molecule has 3 aromatic carbocycles. The Bertz CT molecular complexity index is 1530. The van der Waals surface area contributed by atoms with Crippen molar-refractivity contribution < 1.29 is 18.0 Å². The highest BCUT2D eigenvalue weighted by atomic mass is 35.5. The van der Waals surface area contributed by atoms with Crippen LogP contribution in [-0.2, 0) is 26.2 Å². The number of rotatable bonds is 11. The van der Waals surface area contributed by atoms with E-state index in [0.717, 1.165) is 35.6 Å². The van der Waals surface area contributed by atoms with E-state index in [-0.39, 0.29) is 23.4 Å². The Morgan fingerprint density at radius 3 is 2.26 bits per heavy atom. The summed E-state index contributed by atoms with van der Waals surface area (Å²) in [4.78, 5) is 29.2. The van der Waals surface area contributed by atoms with Crippen molar-refractivity contribution in [1.82, 2.24) is 10.2 Å². The second-order valence-corrected chi connectivity index (χ2v) is 13.6. The van der Waals surface area contributed by atoms with Gasteiger partial charge in [-0.3, -0.25) is 13.9 Å². The third-order valence-electron chi connectivity index (χ3n) is 7.39. The van der Waals surface area contributed by atoms with Crippen molar-refractivity contribution >= 4 is 62.3 Å². The molecule has 1 saturated carbocycles. The van der Waals surface area contributed by atoms with Crippen LogP contribution in [0.15, 0.2) is 71.6 Å². The van der Waals surface area contributed by atoms with Crippen LogP contribution in [0.1, 0.15) is 50.2 Å². The van der Waals surface area contributed by atoms with Crippen molar-refractivity contribution in [1.29, 1.82) is 0 Å². The number of halogens is 3. The molecule has 0 heterocycles. The number of anilines is 1. The Kier molecular flexibility index (Phi) is 10.8. The molecule has 0 radical (unpaired) electrons. The molecule has 42 heavy (non-hydrogen) atoms. The number of hydrogen-bond donors (Lipinski definition) is 1. The number of carbonyl (C=O) groups excluding carboxylic acids is 2. The predicted octanol–water partition coefficient (Wildman–Crippen LogP) is 7.02. The first-order chi connectivity index (χ1) is 20.0. The van der Waals surface area contributed by atoms with Gasteiger partial charge in [-0.1, -0.05) is 72.8 Å². The maximum atomic E-state index is 14.2. The van der Waals surface area contributed by atoms with Gasteiger partial charge in [-0.05, 0) is 85.8 Å². The lowest BCUT2D eigenvalue weighted by molar-refractivity contribution is -0.140. The van der Waals surface area contributed by atoms with E-state index in [1.165, 1.54) is 29.2 Å². The Morgan fingerprint density at radius 2 is 1.64 bits per heavy atom. The number of aryl methyl sites for hydroxylation is 1. The van der Waals surface area contributed by atoms with E-state index in [4.69, 9.17) is 34.8 Å². The lowest BCUT2D eigenvalue weighted by Gasteiger charge is -2.34. The van der Waals surface area contributed by atoms with E-state index < -0.39 is 28.5 Å². The first-order valence-corrected chi connectivity index (χ1v) is 16.5. The van der Waals surface area contributed by atoms with E-state index in [0.29, 0.717) is 32.7 Å². The molecule has 0 aromatic heterocycles. The van der Waals surface area contributed by atoms with Crippen LogP contribution in [0.4, 0.5) is 5.69 Å². The van der Waals surface area contributed by atoms with Gasteiger partial charge in [0, 0.05) is 17.6 Å². The predicted molar refractivity (Wildman–Crippen MR) is 169 cm³/mol. The summed E-state index contributed by atoms with van der Waals surface area (Å²) in [7, 11) is -4.18. The van der Waals surface area contributed by atoms with E-state index in [2.05, 4.69) is 5.32 Å². The number of nitrogens with zero attached hydrogens (tertiary/aromatic N) is 2. The first-order valence-electron chi connectivity index (χ1n) is 13.9. The Labute approximate surface area is 262 Å². The molecule has 0 bridgehead atoms. The van der Waals surface area contributed by atoms with Gasteiger partial charge in [0.2, 0.25) is 11.8 Å². The molecule has 3 aromatic rings. The van der Waals surface area contributed by atoms with Gasteiger partial charge in [0.1, 0.15) is 12.6 Å². The zero-order valence-electron chi connectivity index (χ0n) is 23.5. The molecule has 11 heteroatoms. The Balaban J connectivity index is 1.73. The molecule has 4 rings (SSSR count). The number of hydrogen-bond acceptors (Lipinski definition) is 4. The normalized spacial score (nSPS) is 14.4. The van der Waals surface area contributed by atoms with Crippen LogP contribution in [0.2, 0.25) is 15.1 Å². The third kappa shape index (κ3) is 7.78. The minimum atomic E-state index is -4.18. The third-order valence-corrected chi connectivity index (χ3v) is 10.2. The largest absolute Gasteiger partial charge is 0.352 e. The topological polar surface area (TPSA) is 86.8 Å². The van der Waals surface area contributed by atoms with Crippen molar-refractivity contribution in [2.24, 2.45) is 0 Å². The van der Waals surface area contributed by atoms with Gasteiger partial charge < -0.3 is 10.2 Å². The standard InChI is InChI=1S/C31H34Cl3N3O4S/c1-3-29(31(39)35-24-8-4-5-9-24)36(19-22-11-16-27(33)28(34)18-22)30(38)20-37(25-10-6-7-21(2)17-25)42(40,41)26-14-12-23(32)13-15-26/h6-7,10-18,24,29H,3-5,8-9,19-20H2,1-2H3,(H,35,39)/t29-/m1/s1. The van der Waals surface area contributed by atoms with Crippen LogP contribution in [0.25, 0.3) is 0 Å². The highest BCUT2D eigenvalue weighted by molar-refractivity contribution is 7.92. The van der Waals surface area contributed by atoms with Crippen LogP contribution in [0.3, 0.4) is 0 Å². The van der Waals surface area contributed by atoms with Crippen LogP contribution < -0.4 is 9.62 Å². The molecule has 0 aliphatic heterocycles. The van der Waals surface area contributed by atoms with E-state index >= 15 is 0 Å². The quantitative estimate of drug-likeness (QED) is 0.242. The molecule has 0 spiro atoms. The maximum absolute atomic E-state index is 14.2. The van der Waals surface area contributed by atoms with Crippen molar-refractivity contribution in [3.05, 3.63) is 92.9 Å². The monoisotopic (exact) mass is 649 g/mol. The maximum Gasteiger partial charge on any atom is 0.264 e. The molecule has 1 aliphatic carbocycles. The summed E-state index contributed by atoms with van der Waals surface area (Å²) >= 11 is 18.4. The van der Waals surface area contributed by atoms with E-state index in [9.17, 15) is 18.0 Å². The fraction of sp³-hybridized carbons (Fsp3) is 0.355. The minimum absolute atomic E-state index is 0.0109. The number of amides is 2. The summed E-state index contributed by atoms with van der Waals surface area (Å²) in [5, 5.41) is 4.17. The zero-order chi connectivity index (χ0) is 30.4. The van der Waals surface area contributed by atoms with Gasteiger partial charge in [-0.15, -0.1) is 0 Å². The lowest BCUT2D eigenvalue weighted by Crippen LogP contribution is -2.53. The van der Waals surface area contributed by atoms with Crippen LogP contribution in [-0.4, -0.2) is 43.8 Å². The highest BCUT2D eigenvalue weighted by Gasteiger charge is 2.34. The molecular weight excluding hydrogens is 617 g/mol. The average Bonchev–Trinajstić information content (AvgIpc) is 3.46. The summed E-state index contributed by atoms with van der Waals surface area (Å²) in [6, 6.07) is 16.9. The highest BCUT2D eigenvalue weighted by Crippen LogP contribution is 2.28. The molecule has 1 aliphatic rings. The summed E-state index contributed by atoms with van der Waals surface area (Å²) in [5.41, 5.74) is 1.81. The van der Waals surface area contributed by atoms with Crippen LogP contribution in [0.5, 0.6) is 0 Å². The smallest absolute Gasteiger partial charge is 0.264 e. The molecule has 0 unspecified atom stereocenters. The summed E-state index contributed by atoms with van der Waals surface area (Å²) in [6.45, 7) is 3.18. The fourth-order valence-corrected chi connectivity index (χ4v) is 7.02. The van der Waals surface area contributed by atoms with Crippen LogP contribution >= 0.6 is 34.8 Å². The molecule has 2 amide bonds. The number of benzene rings is 3. The Morgan fingerprint density at radius 1 is 0.952 bits per heavy atom. The van der Waals surface area contributed by atoms with Crippen molar-refractivity contribution in [3.8, 4) is 0 Å².